The molecule has 0 bridgehead atoms. The summed E-state index contributed by atoms with van der Waals surface area (Å²) >= 11 is 0. The van der Waals surface area contributed by atoms with E-state index in [1.165, 1.54) is 0 Å². The predicted molar refractivity (Wildman–Crippen MR) is 75.4 cm³/mol. The van der Waals surface area contributed by atoms with Gasteiger partial charge in [0.15, 0.2) is 5.69 Å². The van der Waals surface area contributed by atoms with E-state index in [1.54, 1.807) is 24.5 Å². The molecule has 0 aliphatic rings. The van der Waals surface area contributed by atoms with Crippen molar-refractivity contribution in [3.63, 3.8) is 0 Å². The normalized spacial score (nSPS) is 10.2. The van der Waals surface area contributed by atoms with Crippen LogP contribution in [-0.2, 0) is 6.42 Å². The van der Waals surface area contributed by atoms with E-state index in [9.17, 15) is 4.79 Å². The zero-order valence-electron chi connectivity index (χ0n) is 11.4. The minimum Gasteiger partial charge on any atom is -0.369 e. The molecule has 106 valence electrons. The van der Waals surface area contributed by atoms with E-state index in [-0.39, 0.29) is 5.91 Å². The van der Waals surface area contributed by atoms with Crippen LogP contribution in [0.25, 0.3) is 0 Å². The predicted octanol–water partition coefficient (Wildman–Crippen LogP) is 0.994. The van der Waals surface area contributed by atoms with Gasteiger partial charge in [-0.05, 0) is 25.5 Å². The summed E-state index contributed by atoms with van der Waals surface area (Å²) in [5.41, 5.74) is 0.324. The first-order valence-corrected chi connectivity index (χ1v) is 6.63. The SMILES string of the molecule is CCNc1ccc(C(=O)NCCCc2ncc[nH]2)nn1. The number of H-pyrrole nitrogens is 1. The summed E-state index contributed by atoms with van der Waals surface area (Å²) in [5, 5.41) is 13.6. The number of aromatic nitrogens is 4. The number of hydrogen-bond acceptors (Lipinski definition) is 5. The van der Waals surface area contributed by atoms with Crippen LogP contribution in [-0.4, -0.2) is 39.2 Å². The topological polar surface area (TPSA) is 95.6 Å². The maximum absolute atomic E-state index is 11.8. The molecule has 0 atom stereocenters. The molecule has 20 heavy (non-hydrogen) atoms. The number of rotatable bonds is 7. The van der Waals surface area contributed by atoms with E-state index in [4.69, 9.17) is 0 Å². The van der Waals surface area contributed by atoms with Crippen molar-refractivity contribution in [2.45, 2.75) is 19.8 Å². The molecule has 1 amide bonds. The highest BCUT2D eigenvalue weighted by atomic mass is 16.1. The quantitative estimate of drug-likeness (QED) is 0.654. The Labute approximate surface area is 117 Å². The summed E-state index contributed by atoms with van der Waals surface area (Å²) < 4.78 is 0. The van der Waals surface area contributed by atoms with E-state index >= 15 is 0 Å². The number of amides is 1. The van der Waals surface area contributed by atoms with Crippen molar-refractivity contribution in [1.29, 1.82) is 0 Å². The highest BCUT2D eigenvalue weighted by Gasteiger charge is 2.07. The smallest absolute Gasteiger partial charge is 0.271 e. The number of imidazole rings is 1. The Morgan fingerprint density at radius 3 is 2.90 bits per heavy atom. The molecule has 2 aromatic heterocycles. The Morgan fingerprint density at radius 1 is 1.35 bits per heavy atom. The van der Waals surface area contributed by atoms with Crippen LogP contribution in [0.5, 0.6) is 0 Å². The van der Waals surface area contributed by atoms with Crippen LogP contribution < -0.4 is 10.6 Å². The van der Waals surface area contributed by atoms with Crippen LogP contribution in [0.3, 0.4) is 0 Å². The molecular weight excluding hydrogens is 256 g/mol. The van der Waals surface area contributed by atoms with Gasteiger partial charge >= 0.3 is 0 Å². The first kappa shape index (κ1) is 14.0. The van der Waals surface area contributed by atoms with Gasteiger partial charge in [0.1, 0.15) is 11.6 Å². The van der Waals surface area contributed by atoms with Crippen molar-refractivity contribution >= 4 is 11.7 Å². The average Bonchev–Trinajstić information content (AvgIpc) is 2.98. The highest BCUT2D eigenvalue weighted by Crippen LogP contribution is 2.01. The maximum Gasteiger partial charge on any atom is 0.271 e. The Kier molecular flexibility index (Phi) is 5.05. The largest absolute Gasteiger partial charge is 0.369 e. The first-order valence-electron chi connectivity index (χ1n) is 6.63. The minimum absolute atomic E-state index is 0.208. The Hall–Kier alpha value is -2.44. The van der Waals surface area contributed by atoms with Gasteiger partial charge in [-0.2, -0.15) is 0 Å². The van der Waals surface area contributed by atoms with Crippen molar-refractivity contribution < 1.29 is 4.79 Å². The number of carbonyl (C=O) groups is 1. The van der Waals surface area contributed by atoms with Crippen LogP contribution in [0.15, 0.2) is 24.5 Å². The molecule has 3 N–H and O–H groups in total. The molecule has 0 fully saturated rings. The summed E-state index contributed by atoms with van der Waals surface area (Å²) in [6, 6.07) is 3.40. The van der Waals surface area contributed by atoms with Gasteiger partial charge in [-0.3, -0.25) is 4.79 Å². The van der Waals surface area contributed by atoms with Crippen LogP contribution in [0.2, 0.25) is 0 Å². The summed E-state index contributed by atoms with van der Waals surface area (Å²) in [7, 11) is 0. The number of nitrogens with one attached hydrogen (secondary N) is 3. The minimum atomic E-state index is -0.208. The van der Waals surface area contributed by atoms with Crippen molar-refractivity contribution in [3.05, 3.63) is 36.0 Å². The van der Waals surface area contributed by atoms with Crippen LogP contribution >= 0.6 is 0 Å². The molecule has 0 aromatic carbocycles. The lowest BCUT2D eigenvalue weighted by atomic mass is 10.3. The zero-order valence-corrected chi connectivity index (χ0v) is 11.4. The fraction of sp³-hybridized carbons (Fsp3) is 0.385. The van der Waals surface area contributed by atoms with E-state index in [2.05, 4.69) is 30.8 Å². The second-order valence-corrected chi connectivity index (χ2v) is 4.23. The molecular formula is C13H18N6O. The lowest BCUT2D eigenvalue weighted by Crippen LogP contribution is -2.26. The van der Waals surface area contributed by atoms with E-state index in [0.29, 0.717) is 18.1 Å². The molecule has 0 spiro atoms. The fourth-order valence-corrected chi connectivity index (χ4v) is 1.71. The average molecular weight is 274 g/mol. The van der Waals surface area contributed by atoms with E-state index in [1.807, 2.05) is 6.92 Å². The van der Waals surface area contributed by atoms with Gasteiger partial charge in [0.25, 0.3) is 5.91 Å². The summed E-state index contributed by atoms with van der Waals surface area (Å²) in [6.45, 7) is 3.32. The number of anilines is 1. The lowest BCUT2D eigenvalue weighted by Gasteiger charge is -2.04. The highest BCUT2D eigenvalue weighted by molar-refractivity contribution is 5.92. The number of aromatic amines is 1. The molecule has 0 unspecified atom stereocenters. The number of carbonyl (C=O) groups excluding carboxylic acids is 1. The summed E-state index contributed by atoms with van der Waals surface area (Å²) in [5.74, 6) is 1.39. The third-order valence-corrected chi connectivity index (χ3v) is 2.69. The molecule has 2 aromatic rings. The van der Waals surface area contributed by atoms with Crippen LogP contribution in [0, 0.1) is 0 Å². The van der Waals surface area contributed by atoms with Crippen molar-refractivity contribution in [2.24, 2.45) is 0 Å². The Balaban J connectivity index is 1.73. The standard InChI is InChI=1S/C13H18N6O/c1-2-14-12-6-5-10(18-19-12)13(20)17-7-3-4-11-15-8-9-16-11/h5-6,8-9H,2-4,7H2,1H3,(H,14,19)(H,15,16)(H,17,20). The number of aryl methyl sites for hydroxylation is 1. The monoisotopic (exact) mass is 274 g/mol. The fourth-order valence-electron chi connectivity index (χ4n) is 1.71. The molecule has 0 aliphatic carbocycles. The summed E-state index contributed by atoms with van der Waals surface area (Å²) in [4.78, 5) is 19.0. The number of nitrogens with zero attached hydrogens (tertiary/aromatic N) is 3. The molecule has 2 rings (SSSR count). The van der Waals surface area contributed by atoms with Gasteiger partial charge in [0.2, 0.25) is 0 Å². The van der Waals surface area contributed by atoms with Crippen LogP contribution in [0.4, 0.5) is 5.82 Å². The lowest BCUT2D eigenvalue weighted by molar-refractivity contribution is 0.0947. The first-order chi connectivity index (χ1) is 9.79. The molecule has 7 nitrogen and oxygen atoms in total. The molecule has 0 radical (unpaired) electrons. The Morgan fingerprint density at radius 2 is 2.25 bits per heavy atom. The second-order valence-electron chi connectivity index (χ2n) is 4.23. The van der Waals surface area contributed by atoms with Crippen LogP contribution in [0.1, 0.15) is 29.7 Å². The van der Waals surface area contributed by atoms with Gasteiger partial charge in [0, 0.05) is 31.9 Å². The second kappa shape index (κ2) is 7.22. The maximum atomic E-state index is 11.8. The number of hydrogen-bond donors (Lipinski definition) is 3. The van der Waals surface area contributed by atoms with Gasteiger partial charge in [-0.25, -0.2) is 4.98 Å². The molecule has 0 saturated heterocycles. The van der Waals surface area contributed by atoms with Crippen molar-refractivity contribution in [2.75, 3.05) is 18.4 Å². The third-order valence-electron chi connectivity index (χ3n) is 2.69. The van der Waals surface area contributed by atoms with Gasteiger partial charge in [0.05, 0.1) is 0 Å². The Bertz CT molecular complexity index is 522. The molecule has 0 saturated carbocycles. The van der Waals surface area contributed by atoms with Gasteiger partial charge < -0.3 is 15.6 Å². The van der Waals surface area contributed by atoms with Gasteiger partial charge in [-0.1, -0.05) is 0 Å². The molecule has 7 heteroatoms. The third kappa shape index (κ3) is 4.04. The summed E-state index contributed by atoms with van der Waals surface area (Å²) in [6.07, 6.45) is 5.13. The molecule has 2 heterocycles. The van der Waals surface area contributed by atoms with Gasteiger partial charge in [-0.15, -0.1) is 10.2 Å². The van der Waals surface area contributed by atoms with Crippen molar-refractivity contribution in [1.82, 2.24) is 25.5 Å². The zero-order chi connectivity index (χ0) is 14.2. The van der Waals surface area contributed by atoms with E-state index < -0.39 is 0 Å². The van der Waals surface area contributed by atoms with E-state index in [0.717, 1.165) is 25.2 Å². The molecule has 0 aliphatic heterocycles. The van der Waals surface area contributed by atoms with Crippen molar-refractivity contribution in [3.8, 4) is 0 Å².